The molecule has 0 bridgehead atoms. The van der Waals surface area contributed by atoms with Crippen LogP contribution in [0.4, 0.5) is 18.9 Å². The van der Waals surface area contributed by atoms with Gasteiger partial charge in [-0.05, 0) is 43.2 Å². The van der Waals surface area contributed by atoms with E-state index in [2.05, 4.69) is 6.58 Å². The maximum Gasteiger partial charge on any atom is 0.416 e. The summed E-state index contributed by atoms with van der Waals surface area (Å²) in [5, 5.41) is 0.792. The van der Waals surface area contributed by atoms with Crippen LogP contribution in [-0.4, -0.2) is 26.8 Å². The van der Waals surface area contributed by atoms with Crippen LogP contribution in [0.1, 0.15) is 24.5 Å². The maximum atomic E-state index is 13.1. The second-order valence-electron chi connectivity index (χ2n) is 6.93. The lowest BCUT2D eigenvalue weighted by Crippen LogP contribution is -2.45. The summed E-state index contributed by atoms with van der Waals surface area (Å²) in [6.07, 6.45) is -2.29. The molecule has 33 heavy (non-hydrogen) atoms. The summed E-state index contributed by atoms with van der Waals surface area (Å²) in [7, 11) is -4.23. The predicted octanol–water partition coefficient (Wildman–Crippen LogP) is 4.37. The van der Waals surface area contributed by atoms with Gasteiger partial charge in [0.25, 0.3) is 10.0 Å². The molecular weight excluding hydrogens is 457 g/mol. The lowest BCUT2D eigenvalue weighted by Gasteiger charge is -2.26. The van der Waals surface area contributed by atoms with Crippen molar-refractivity contribution in [1.82, 2.24) is 4.72 Å². The van der Waals surface area contributed by atoms with E-state index >= 15 is 0 Å². The highest BCUT2D eigenvalue weighted by atomic mass is 32.2. The van der Waals surface area contributed by atoms with Crippen LogP contribution >= 0.6 is 0 Å². The molecule has 0 fully saturated rings. The summed E-state index contributed by atoms with van der Waals surface area (Å²) < 4.78 is 65.7. The number of rotatable bonds is 9. The Kier molecular flexibility index (Phi) is 8.58. The van der Waals surface area contributed by atoms with Crippen LogP contribution in [0.25, 0.3) is 6.08 Å². The monoisotopic (exact) mass is 480 g/mol. The largest absolute Gasteiger partial charge is 0.416 e. The predicted molar refractivity (Wildman–Crippen MR) is 120 cm³/mol. The third-order valence-electron chi connectivity index (χ3n) is 4.57. The number of halogens is 3. The van der Waals surface area contributed by atoms with Crippen molar-refractivity contribution in [2.45, 2.75) is 19.5 Å². The molecule has 0 saturated carbocycles. The molecule has 0 radical (unpaired) electrons. The Labute approximate surface area is 190 Å². The van der Waals surface area contributed by atoms with Crippen LogP contribution in [0.3, 0.4) is 0 Å². The van der Waals surface area contributed by atoms with E-state index in [-0.39, 0.29) is 18.7 Å². The molecule has 0 aliphatic carbocycles. The number of anilines is 1. The van der Waals surface area contributed by atoms with Crippen molar-refractivity contribution in [3.05, 3.63) is 83.8 Å². The van der Waals surface area contributed by atoms with Crippen molar-refractivity contribution in [3.8, 4) is 0 Å². The minimum absolute atomic E-state index is 0.0400. The fraction of sp³-hybridized carbons (Fsp3) is 0.217. The Morgan fingerprint density at radius 2 is 1.79 bits per heavy atom. The van der Waals surface area contributed by atoms with E-state index in [0.717, 1.165) is 28.5 Å². The third kappa shape index (κ3) is 7.31. The number of hydrogen-bond acceptors (Lipinski definition) is 4. The van der Waals surface area contributed by atoms with E-state index in [1.807, 2.05) is 4.72 Å². The number of sulfonamides is 1. The van der Waals surface area contributed by atoms with Gasteiger partial charge < -0.3 is 4.90 Å². The molecule has 2 aromatic carbocycles. The zero-order valence-corrected chi connectivity index (χ0v) is 18.6. The Morgan fingerprint density at radius 3 is 2.36 bits per heavy atom. The van der Waals surface area contributed by atoms with Crippen molar-refractivity contribution in [2.24, 2.45) is 5.92 Å². The van der Waals surface area contributed by atoms with E-state index in [0.29, 0.717) is 5.56 Å². The topological polar surface area (TPSA) is 83.5 Å². The molecule has 2 aromatic rings. The molecule has 6 nitrogen and oxygen atoms in total. The first-order valence-corrected chi connectivity index (χ1v) is 11.4. The molecule has 0 aromatic heterocycles. The quantitative estimate of drug-likeness (QED) is 0.427. The van der Waals surface area contributed by atoms with Crippen LogP contribution in [0.15, 0.2) is 72.7 Å². The van der Waals surface area contributed by atoms with E-state index < -0.39 is 39.5 Å². The second kappa shape index (κ2) is 11.0. The van der Waals surface area contributed by atoms with Gasteiger partial charge in [0.05, 0.1) is 11.0 Å². The smallest absolute Gasteiger partial charge is 0.312 e. The number of alkyl halides is 3. The van der Waals surface area contributed by atoms with Gasteiger partial charge >= 0.3 is 6.18 Å². The second-order valence-corrected chi connectivity index (χ2v) is 8.50. The number of carbonyl (C=O) groups is 2. The van der Waals surface area contributed by atoms with Gasteiger partial charge in [-0.1, -0.05) is 42.5 Å². The lowest BCUT2D eigenvalue weighted by atomic mass is 10.0. The fourth-order valence-electron chi connectivity index (χ4n) is 2.97. The molecule has 10 heteroatoms. The molecule has 2 amide bonds. The highest BCUT2D eigenvalue weighted by molar-refractivity contribution is 7.93. The van der Waals surface area contributed by atoms with Crippen LogP contribution in [0.2, 0.25) is 0 Å². The number of nitrogens with zero attached hydrogens (tertiary/aromatic N) is 1. The van der Waals surface area contributed by atoms with Gasteiger partial charge in [0.15, 0.2) is 0 Å². The number of nitrogens with one attached hydrogen (secondary N) is 1. The first kappa shape index (κ1) is 25.9. The summed E-state index contributed by atoms with van der Waals surface area (Å²) >= 11 is 0. The number of carbonyl (C=O) groups excluding carboxylic acids is 2. The Bertz CT molecular complexity index is 1130. The van der Waals surface area contributed by atoms with Crippen molar-refractivity contribution >= 4 is 33.6 Å². The Hall–Kier alpha value is -3.40. The summed E-state index contributed by atoms with van der Waals surface area (Å²) in [5.41, 5.74) is -0.439. The maximum absolute atomic E-state index is 13.1. The number of hydrogen-bond donors (Lipinski definition) is 1. The Balaban J connectivity index is 2.26. The van der Waals surface area contributed by atoms with Crippen LogP contribution in [0, 0.1) is 5.92 Å². The van der Waals surface area contributed by atoms with Crippen molar-refractivity contribution in [3.63, 3.8) is 0 Å². The fourth-order valence-corrected chi connectivity index (χ4v) is 3.80. The van der Waals surface area contributed by atoms with E-state index in [1.165, 1.54) is 25.1 Å². The first-order valence-electron chi connectivity index (χ1n) is 9.88. The molecule has 0 aliphatic heterocycles. The molecule has 1 N–H and O–H groups in total. The van der Waals surface area contributed by atoms with Crippen LogP contribution in [0.5, 0.6) is 0 Å². The van der Waals surface area contributed by atoms with Crippen LogP contribution in [-0.2, 0) is 25.8 Å². The molecule has 0 aliphatic rings. The zero-order chi connectivity index (χ0) is 24.6. The molecule has 176 valence electrons. The summed E-state index contributed by atoms with van der Waals surface area (Å²) in [4.78, 5) is 26.7. The average Bonchev–Trinajstić information content (AvgIpc) is 2.76. The lowest BCUT2D eigenvalue weighted by molar-refractivity contribution is -0.138. The van der Waals surface area contributed by atoms with Crippen LogP contribution < -0.4 is 9.62 Å². The molecule has 1 unspecified atom stereocenters. The molecule has 0 spiro atoms. The zero-order valence-electron chi connectivity index (χ0n) is 17.7. The summed E-state index contributed by atoms with van der Waals surface area (Å²) in [6.45, 7) is 4.97. The molecule has 0 heterocycles. The number of allylic oxidation sites excluding steroid dienone is 1. The van der Waals surface area contributed by atoms with Gasteiger partial charge in [0.1, 0.15) is 5.92 Å². The minimum atomic E-state index is -4.62. The van der Waals surface area contributed by atoms with E-state index in [4.69, 9.17) is 0 Å². The molecule has 2 rings (SSSR count). The Morgan fingerprint density at radius 1 is 1.12 bits per heavy atom. The van der Waals surface area contributed by atoms with Gasteiger partial charge in [-0.2, -0.15) is 13.2 Å². The van der Waals surface area contributed by atoms with Gasteiger partial charge in [-0.3, -0.25) is 9.59 Å². The van der Waals surface area contributed by atoms with Gasteiger partial charge in [0.2, 0.25) is 11.8 Å². The molecular formula is C23H23F3N2O4S. The number of amides is 2. The summed E-state index contributed by atoms with van der Waals surface area (Å²) in [5.74, 6) is -3.46. The third-order valence-corrected chi connectivity index (χ3v) is 5.55. The van der Waals surface area contributed by atoms with Crippen molar-refractivity contribution < 1.29 is 31.2 Å². The molecule has 1 atom stereocenters. The van der Waals surface area contributed by atoms with Gasteiger partial charge in [0, 0.05) is 12.2 Å². The van der Waals surface area contributed by atoms with Crippen molar-refractivity contribution in [1.29, 1.82) is 0 Å². The molecule has 0 saturated heterocycles. The van der Waals surface area contributed by atoms with E-state index in [1.54, 1.807) is 30.3 Å². The normalized spacial score (nSPS) is 12.8. The highest BCUT2D eigenvalue weighted by Crippen LogP contribution is 2.32. The average molecular weight is 481 g/mol. The van der Waals surface area contributed by atoms with Gasteiger partial charge in [-0.25, -0.2) is 13.1 Å². The standard InChI is InChI=1S/C23H23F3N2O4S/c1-3-9-20(21(29)27-33(31,32)15-14-17-10-6-5-7-11-17)22(30)28(4-2)19-13-8-12-18(16-19)23(24,25)26/h3,5-8,10-16,20H,1,4,9H2,2H3,(H,27,29)/b15-14+. The first-order chi connectivity index (χ1) is 15.5. The highest BCUT2D eigenvalue weighted by Gasteiger charge is 2.34. The van der Waals surface area contributed by atoms with E-state index in [9.17, 15) is 31.2 Å². The number of benzene rings is 2. The minimum Gasteiger partial charge on any atom is -0.312 e. The SMILES string of the molecule is C=CCC(C(=O)NS(=O)(=O)/C=C/c1ccccc1)C(=O)N(CC)c1cccc(C(F)(F)F)c1. The van der Waals surface area contributed by atoms with Crippen molar-refractivity contribution in [2.75, 3.05) is 11.4 Å². The summed E-state index contributed by atoms with van der Waals surface area (Å²) in [6, 6.07) is 12.6. The van der Waals surface area contributed by atoms with Gasteiger partial charge in [-0.15, -0.1) is 6.58 Å².